The third kappa shape index (κ3) is 4.72. The molecule has 0 bridgehead atoms. The Morgan fingerprint density at radius 1 is 1.15 bits per heavy atom. The van der Waals surface area contributed by atoms with Crippen molar-refractivity contribution < 1.29 is 33.2 Å². The number of fused-ring (bicyclic) bond motifs is 1. The first-order chi connectivity index (χ1) is 15.9. The fourth-order valence-corrected chi connectivity index (χ4v) is 4.09. The lowest BCUT2D eigenvalue weighted by molar-refractivity contribution is -0.122. The Morgan fingerprint density at radius 2 is 1.82 bits per heavy atom. The highest BCUT2D eigenvalue weighted by Gasteiger charge is 2.26. The molecule has 2 N–H and O–H groups in total. The molecule has 1 amide bonds. The number of allylic oxidation sites excluding steroid dienone is 2. The van der Waals surface area contributed by atoms with Crippen molar-refractivity contribution in [1.29, 1.82) is 0 Å². The maximum absolute atomic E-state index is 14.1. The molecular weight excluding hydrogens is 429 g/mol. The van der Waals surface area contributed by atoms with E-state index in [0.717, 1.165) is 27.8 Å². The highest BCUT2D eigenvalue weighted by molar-refractivity contribution is 6.08. The van der Waals surface area contributed by atoms with Gasteiger partial charge in [0.1, 0.15) is 5.82 Å². The summed E-state index contributed by atoms with van der Waals surface area (Å²) in [6, 6.07) is 7.93. The second-order valence-electron chi connectivity index (χ2n) is 7.78. The summed E-state index contributed by atoms with van der Waals surface area (Å²) in [5.74, 6) is -0.113. The molecule has 0 aromatic heterocycles. The van der Waals surface area contributed by atoms with Gasteiger partial charge in [0.2, 0.25) is 11.7 Å². The van der Waals surface area contributed by atoms with Crippen molar-refractivity contribution in [3.63, 3.8) is 0 Å². The molecule has 0 atom stereocenters. The van der Waals surface area contributed by atoms with Crippen molar-refractivity contribution in [2.45, 2.75) is 19.6 Å². The molecule has 0 saturated carbocycles. The van der Waals surface area contributed by atoms with Gasteiger partial charge in [0.05, 0.1) is 40.4 Å². The van der Waals surface area contributed by atoms with E-state index in [-0.39, 0.29) is 41.9 Å². The van der Waals surface area contributed by atoms with Crippen molar-refractivity contribution in [2.75, 3.05) is 34.0 Å². The molecule has 174 valence electrons. The largest absolute Gasteiger partial charge is 0.502 e. The lowest BCUT2D eigenvalue weighted by Gasteiger charge is -2.11. The molecule has 2 aromatic rings. The number of phenols is 1. The molecule has 2 aromatic carbocycles. The van der Waals surface area contributed by atoms with Gasteiger partial charge < -0.3 is 29.4 Å². The summed E-state index contributed by atoms with van der Waals surface area (Å²) in [5.41, 5.74) is 4.70. The van der Waals surface area contributed by atoms with E-state index in [0.29, 0.717) is 18.8 Å². The van der Waals surface area contributed by atoms with E-state index < -0.39 is 6.29 Å². The SMILES string of the molecule is COc1cc(C=C2C(C)=C(CC(=O)NCC3OCCO3)c3cc(F)ccc32)cc(OC)c1O. The zero-order valence-corrected chi connectivity index (χ0v) is 18.7. The second kappa shape index (κ2) is 9.64. The summed E-state index contributed by atoms with van der Waals surface area (Å²) >= 11 is 0. The van der Waals surface area contributed by atoms with E-state index >= 15 is 0 Å². The molecule has 1 fully saturated rings. The Morgan fingerprint density at radius 3 is 2.45 bits per heavy atom. The number of amides is 1. The second-order valence-corrected chi connectivity index (χ2v) is 7.78. The highest BCUT2D eigenvalue weighted by atomic mass is 19.1. The Bertz CT molecular complexity index is 1110. The minimum atomic E-state index is -0.438. The Labute approximate surface area is 191 Å². The lowest BCUT2D eigenvalue weighted by atomic mass is 10.00. The van der Waals surface area contributed by atoms with Crippen LogP contribution >= 0.6 is 0 Å². The van der Waals surface area contributed by atoms with Crippen LogP contribution in [0.15, 0.2) is 35.9 Å². The van der Waals surface area contributed by atoms with Gasteiger partial charge in [0.15, 0.2) is 17.8 Å². The van der Waals surface area contributed by atoms with Crippen LogP contribution in [0.5, 0.6) is 17.2 Å². The number of benzene rings is 2. The summed E-state index contributed by atoms with van der Waals surface area (Å²) in [5, 5.41) is 13.0. The standard InChI is InChI=1S/C25H26FNO6/c1-14-18(8-15-9-21(30-2)25(29)22(10-15)31-3)17-5-4-16(26)11-20(17)19(14)12-23(28)27-13-24-32-6-7-33-24/h4-5,8-11,24,29H,6-7,12-13H2,1-3H3,(H,27,28). The van der Waals surface area contributed by atoms with E-state index in [2.05, 4.69) is 5.32 Å². The molecule has 0 spiro atoms. The molecular formula is C25H26FNO6. The third-order valence-electron chi connectivity index (χ3n) is 5.76. The van der Waals surface area contributed by atoms with Crippen LogP contribution in [-0.2, 0) is 14.3 Å². The number of ether oxygens (including phenoxy) is 4. The number of carbonyl (C=O) groups is 1. The highest BCUT2D eigenvalue weighted by Crippen LogP contribution is 2.45. The summed E-state index contributed by atoms with van der Waals surface area (Å²) < 4.78 is 35.3. The van der Waals surface area contributed by atoms with Crippen LogP contribution in [0.25, 0.3) is 17.2 Å². The molecule has 33 heavy (non-hydrogen) atoms. The molecule has 4 rings (SSSR count). The number of rotatable bonds is 7. The Kier molecular flexibility index (Phi) is 6.67. The first-order valence-electron chi connectivity index (χ1n) is 10.6. The summed E-state index contributed by atoms with van der Waals surface area (Å²) in [6.07, 6.45) is 1.56. The van der Waals surface area contributed by atoms with Crippen molar-refractivity contribution in [3.05, 3.63) is 58.4 Å². The van der Waals surface area contributed by atoms with E-state index in [1.165, 1.54) is 26.4 Å². The zero-order chi connectivity index (χ0) is 23.5. The van der Waals surface area contributed by atoms with Gasteiger partial charge in [-0.15, -0.1) is 0 Å². The summed E-state index contributed by atoms with van der Waals surface area (Å²) in [7, 11) is 2.92. The summed E-state index contributed by atoms with van der Waals surface area (Å²) in [4.78, 5) is 12.6. The fraction of sp³-hybridized carbons (Fsp3) is 0.320. The Hall–Kier alpha value is -3.36. The molecule has 0 unspecified atom stereocenters. The number of hydrogen-bond donors (Lipinski definition) is 2. The van der Waals surface area contributed by atoms with E-state index in [1.54, 1.807) is 18.2 Å². The van der Waals surface area contributed by atoms with Gasteiger partial charge in [-0.2, -0.15) is 0 Å². The number of methoxy groups -OCH3 is 2. The van der Waals surface area contributed by atoms with E-state index in [4.69, 9.17) is 18.9 Å². The van der Waals surface area contributed by atoms with Crippen molar-refractivity contribution >= 4 is 23.1 Å². The smallest absolute Gasteiger partial charge is 0.224 e. The molecule has 2 aliphatic rings. The maximum Gasteiger partial charge on any atom is 0.224 e. The average Bonchev–Trinajstić information content (AvgIpc) is 3.41. The topological polar surface area (TPSA) is 86.3 Å². The molecule has 8 heteroatoms. The quantitative estimate of drug-likeness (QED) is 0.661. The minimum absolute atomic E-state index is 0.0871. The predicted octanol–water partition coefficient (Wildman–Crippen LogP) is 3.76. The molecule has 7 nitrogen and oxygen atoms in total. The van der Waals surface area contributed by atoms with Crippen molar-refractivity contribution in [3.8, 4) is 17.2 Å². The number of carbonyl (C=O) groups excluding carboxylic acids is 1. The number of phenolic OH excluding ortho intramolecular Hbond substituents is 1. The van der Waals surface area contributed by atoms with Gasteiger partial charge >= 0.3 is 0 Å². The number of halogens is 1. The summed E-state index contributed by atoms with van der Waals surface area (Å²) in [6.45, 7) is 3.19. The number of hydrogen-bond acceptors (Lipinski definition) is 6. The predicted molar refractivity (Wildman–Crippen MR) is 121 cm³/mol. The normalized spacial score (nSPS) is 16.9. The van der Waals surface area contributed by atoms with Crippen LogP contribution in [0.1, 0.15) is 30.0 Å². The van der Waals surface area contributed by atoms with Gasteiger partial charge in [0, 0.05) is 0 Å². The fourth-order valence-electron chi connectivity index (χ4n) is 4.09. The van der Waals surface area contributed by atoms with Crippen molar-refractivity contribution in [1.82, 2.24) is 5.32 Å². The van der Waals surface area contributed by atoms with Gasteiger partial charge in [-0.1, -0.05) is 6.07 Å². The molecule has 0 radical (unpaired) electrons. The van der Waals surface area contributed by atoms with Gasteiger partial charge in [-0.05, 0) is 70.7 Å². The molecule has 1 aliphatic heterocycles. The van der Waals surface area contributed by atoms with Gasteiger partial charge in [-0.3, -0.25) is 4.79 Å². The van der Waals surface area contributed by atoms with E-state index in [1.807, 2.05) is 13.0 Å². The van der Waals surface area contributed by atoms with Crippen molar-refractivity contribution in [2.24, 2.45) is 0 Å². The number of nitrogens with one attached hydrogen (secondary N) is 1. The van der Waals surface area contributed by atoms with Crippen LogP contribution in [0.2, 0.25) is 0 Å². The van der Waals surface area contributed by atoms with Crippen LogP contribution in [0, 0.1) is 5.82 Å². The van der Waals surface area contributed by atoms with Crippen LogP contribution in [0.3, 0.4) is 0 Å². The maximum atomic E-state index is 14.1. The number of aromatic hydroxyl groups is 1. The van der Waals surface area contributed by atoms with Crippen LogP contribution in [0.4, 0.5) is 4.39 Å². The first kappa shape index (κ1) is 22.8. The first-order valence-corrected chi connectivity index (χ1v) is 10.6. The lowest BCUT2D eigenvalue weighted by Crippen LogP contribution is -2.32. The third-order valence-corrected chi connectivity index (χ3v) is 5.76. The minimum Gasteiger partial charge on any atom is -0.502 e. The van der Waals surface area contributed by atoms with Gasteiger partial charge in [-0.25, -0.2) is 4.39 Å². The Balaban J connectivity index is 1.67. The molecule has 1 saturated heterocycles. The van der Waals surface area contributed by atoms with Gasteiger partial charge in [0.25, 0.3) is 0 Å². The monoisotopic (exact) mass is 455 g/mol. The molecule has 1 heterocycles. The zero-order valence-electron chi connectivity index (χ0n) is 18.7. The van der Waals surface area contributed by atoms with E-state index in [9.17, 15) is 14.3 Å². The average molecular weight is 455 g/mol. The molecule has 1 aliphatic carbocycles. The van der Waals surface area contributed by atoms with Crippen LogP contribution < -0.4 is 14.8 Å². The van der Waals surface area contributed by atoms with Crippen LogP contribution in [-0.4, -0.2) is 51.3 Å².